The summed E-state index contributed by atoms with van der Waals surface area (Å²) in [6.07, 6.45) is 2.32. The molecule has 2 aromatic rings. The fourth-order valence-electron chi connectivity index (χ4n) is 3.46. The highest BCUT2D eigenvalue weighted by molar-refractivity contribution is 7.88. The minimum absolute atomic E-state index is 0.0684. The predicted octanol–water partition coefficient (Wildman–Crippen LogP) is 2.88. The molecule has 2 aromatic carbocycles. The van der Waals surface area contributed by atoms with Crippen LogP contribution >= 0.6 is 0 Å². The summed E-state index contributed by atoms with van der Waals surface area (Å²) in [5, 5.41) is 10.7. The van der Waals surface area contributed by atoms with Crippen molar-refractivity contribution in [1.82, 2.24) is 15.2 Å². The molecule has 2 atom stereocenters. The van der Waals surface area contributed by atoms with Gasteiger partial charge in [0.05, 0.1) is 10.7 Å². The van der Waals surface area contributed by atoms with Gasteiger partial charge in [-0.3, -0.25) is 21.0 Å². The van der Waals surface area contributed by atoms with Crippen molar-refractivity contribution in [3.63, 3.8) is 0 Å². The molecule has 0 radical (unpaired) electrons. The van der Waals surface area contributed by atoms with E-state index >= 15 is 0 Å². The van der Waals surface area contributed by atoms with Gasteiger partial charge in [0.25, 0.3) is 5.69 Å². The van der Waals surface area contributed by atoms with Crippen LogP contribution in [0.3, 0.4) is 0 Å². The molecule has 0 aliphatic carbocycles. The van der Waals surface area contributed by atoms with E-state index in [1.165, 1.54) is 40.7 Å². The van der Waals surface area contributed by atoms with Crippen molar-refractivity contribution in [3.05, 3.63) is 75.6 Å². The minimum Gasteiger partial charge on any atom is -0.258 e. The number of benzene rings is 2. The van der Waals surface area contributed by atoms with E-state index in [0.29, 0.717) is 18.5 Å². The van der Waals surface area contributed by atoms with Crippen molar-refractivity contribution in [2.45, 2.75) is 37.1 Å². The van der Waals surface area contributed by atoms with Gasteiger partial charge in [-0.05, 0) is 42.5 Å². The third kappa shape index (κ3) is 5.82. The molecule has 0 bridgehead atoms. The van der Waals surface area contributed by atoms with E-state index in [4.69, 9.17) is 0 Å². The first-order chi connectivity index (χ1) is 14.2. The van der Waals surface area contributed by atoms with Crippen LogP contribution in [0.4, 0.5) is 10.1 Å². The van der Waals surface area contributed by atoms with Crippen LogP contribution in [0.15, 0.2) is 48.5 Å². The molecule has 1 saturated heterocycles. The number of nitro groups is 1. The van der Waals surface area contributed by atoms with E-state index in [1.807, 2.05) is 0 Å². The Hall–Kier alpha value is -2.40. The second kappa shape index (κ2) is 9.61. The van der Waals surface area contributed by atoms with E-state index in [1.54, 1.807) is 19.2 Å². The molecule has 0 saturated carbocycles. The largest absolute Gasteiger partial charge is 0.269 e. The zero-order valence-electron chi connectivity index (χ0n) is 16.6. The van der Waals surface area contributed by atoms with Crippen LogP contribution in [0, 0.1) is 15.9 Å². The van der Waals surface area contributed by atoms with Crippen LogP contribution in [0.1, 0.15) is 36.4 Å². The first kappa shape index (κ1) is 22.3. The third-order valence-corrected chi connectivity index (χ3v) is 7.08. The maximum absolute atomic E-state index is 13.1. The van der Waals surface area contributed by atoms with Gasteiger partial charge in [0, 0.05) is 37.8 Å². The van der Waals surface area contributed by atoms with E-state index in [9.17, 15) is 22.9 Å². The summed E-state index contributed by atoms with van der Waals surface area (Å²) in [6, 6.07) is 12.2. The molecule has 10 heteroatoms. The number of nitro benzene ring substituents is 1. The lowest BCUT2D eigenvalue weighted by atomic mass is 10.00. The van der Waals surface area contributed by atoms with Gasteiger partial charge in [-0.25, -0.2) is 17.1 Å². The Morgan fingerprint density at radius 2 is 1.80 bits per heavy atom. The maximum atomic E-state index is 13.1. The summed E-state index contributed by atoms with van der Waals surface area (Å²) >= 11 is 0. The highest BCUT2D eigenvalue weighted by atomic mass is 32.2. The summed E-state index contributed by atoms with van der Waals surface area (Å²) in [5.41, 5.74) is 7.87. The molecule has 0 aromatic heterocycles. The molecule has 2 N–H and O–H groups in total. The number of halogens is 1. The standard InChI is InChI=1S/C20H25FN4O4S/c1-24(30(28,29)14-15-4-10-19(11-5-15)25(26)27)12-2-3-18-13-20(23-22-18)16-6-8-17(21)9-7-16/h4-11,18,20,22-23H,2-3,12-14H2,1H3. The molecule has 162 valence electrons. The van der Waals surface area contributed by atoms with Crippen molar-refractivity contribution in [2.75, 3.05) is 13.6 Å². The van der Waals surface area contributed by atoms with Gasteiger partial charge < -0.3 is 0 Å². The second-order valence-corrected chi connectivity index (χ2v) is 9.54. The zero-order chi connectivity index (χ0) is 21.7. The Labute approximate surface area is 175 Å². The normalized spacial score (nSPS) is 19.3. The van der Waals surface area contributed by atoms with Gasteiger partial charge in [0.2, 0.25) is 10.0 Å². The number of hydrazine groups is 1. The van der Waals surface area contributed by atoms with Gasteiger partial charge in [0.15, 0.2) is 0 Å². The molecular formula is C20H25FN4O4S. The van der Waals surface area contributed by atoms with E-state index < -0.39 is 14.9 Å². The van der Waals surface area contributed by atoms with Crippen LogP contribution < -0.4 is 10.9 Å². The lowest BCUT2D eigenvalue weighted by Gasteiger charge is -2.18. The first-order valence-electron chi connectivity index (χ1n) is 9.68. The summed E-state index contributed by atoms with van der Waals surface area (Å²) in [4.78, 5) is 10.2. The average molecular weight is 437 g/mol. The smallest absolute Gasteiger partial charge is 0.258 e. The SMILES string of the molecule is CN(CCCC1CC(c2ccc(F)cc2)NN1)S(=O)(=O)Cc1ccc([N+](=O)[O-])cc1. The Bertz CT molecular complexity index is 967. The number of nitrogens with one attached hydrogen (secondary N) is 2. The van der Waals surface area contributed by atoms with Gasteiger partial charge >= 0.3 is 0 Å². The third-order valence-electron chi connectivity index (χ3n) is 5.25. The molecule has 1 fully saturated rings. The summed E-state index contributed by atoms with van der Waals surface area (Å²) in [5.74, 6) is -0.462. The highest BCUT2D eigenvalue weighted by Gasteiger charge is 2.25. The van der Waals surface area contributed by atoms with Crippen LogP contribution in [0.2, 0.25) is 0 Å². The fraction of sp³-hybridized carbons (Fsp3) is 0.400. The molecule has 3 rings (SSSR count). The quantitative estimate of drug-likeness (QED) is 0.463. The lowest BCUT2D eigenvalue weighted by molar-refractivity contribution is -0.384. The van der Waals surface area contributed by atoms with Crippen molar-refractivity contribution >= 4 is 15.7 Å². The zero-order valence-corrected chi connectivity index (χ0v) is 17.4. The number of nitrogens with zero attached hydrogens (tertiary/aromatic N) is 2. The monoisotopic (exact) mass is 436 g/mol. The predicted molar refractivity (Wildman–Crippen MR) is 111 cm³/mol. The number of sulfonamides is 1. The fourth-order valence-corrected chi connectivity index (χ4v) is 4.70. The van der Waals surface area contributed by atoms with Gasteiger partial charge in [-0.1, -0.05) is 24.3 Å². The Kier molecular flexibility index (Phi) is 7.14. The first-order valence-corrected chi connectivity index (χ1v) is 11.3. The Balaban J connectivity index is 1.45. The van der Waals surface area contributed by atoms with Crippen molar-refractivity contribution in [3.8, 4) is 0 Å². The number of hydrogen-bond donors (Lipinski definition) is 2. The molecular weight excluding hydrogens is 411 g/mol. The highest BCUT2D eigenvalue weighted by Crippen LogP contribution is 2.24. The molecule has 0 spiro atoms. The Morgan fingerprint density at radius 3 is 2.43 bits per heavy atom. The summed E-state index contributed by atoms with van der Waals surface area (Å²) < 4.78 is 39.5. The van der Waals surface area contributed by atoms with Crippen LogP contribution in [-0.2, 0) is 15.8 Å². The molecule has 2 unspecified atom stereocenters. The minimum atomic E-state index is -3.51. The van der Waals surface area contributed by atoms with Crippen LogP contribution in [-0.4, -0.2) is 37.3 Å². The summed E-state index contributed by atoms with van der Waals surface area (Å²) in [6.45, 7) is 0.384. The molecule has 1 heterocycles. The van der Waals surface area contributed by atoms with Crippen molar-refractivity contribution in [2.24, 2.45) is 0 Å². The van der Waals surface area contributed by atoms with Gasteiger partial charge in [0.1, 0.15) is 5.82 Å². The van der Waals surface area contributed by atoms with Gasteiger partial charge in [-0.15, -0.1) is 0 Å². The lowest BCUT2D eigenvalue weighted by Crippen LogP contribution is -2.33. The van der Waals surface area contributed by atoms with E-state index in [0.717, 1.165) is 18.4 Å². The molecule has 0 amide bonds. The molecule has 8 nitrogen and oxygen atoms in total. The van der Waals surface area contributed by atoms with Crippen LogP contribution in [0.5, 0.6) is 0 Å². The average Bonchev–Trinajstić information content (AvgIpc) is 3.17. The second-order valence-electron chi connectivity index (χ2n) is 7.47. The topological polar surface area (TPSA) is 105 Å². The van der Waals surface area contributed by atoms with E-state index in [-0.39, 0.29) is 29.3 Å². The number of rotatable bonds is 9. The van der Waals surface area contributed by atoms with Crippen molar-refractivity contribution in [1.29, 1.82) is 0 Å². The van der Waals surface area contributed by atoms with Gasteiger partial charge in [-0.2, -0.15) is 0 Å². The van der Waals surface area contributed by atoms with Crippen LogP contribution in [0.25, 0.3) is 0 Å². The molecule has 1 aliphatic heterocycles. The Morgan fingerprint density at radius 1 is 1.13 bits per heavy atom. The maximum Gasteiger partial charge on any atom is 0.269 e. The van der Waals surface area contributed by atoms with E-state index in [2.05, 4.69) is 10.9 Å². The summed E-state index contributed by atoms with van der Waals surface area (Å²) in [7, 11) is -1.96. The molecule has 1 aliphatic rings. The number of hydrogen-bond acceptors (Lipinski definition) is 6. The van der Waals surface area contributed by atoms with Crippen molar-refractivity contribution < 1.29 is 17.7 Å². The molecule has 30 heavy (non-hydrogen) atoms. The number of non-ortho nitro benzene ring substituents is 1.